The summed E-state index contributed by atoms with van der Waals surface area (Å²) in [6.07, 6.45) is 1.63. The lowest BCUT2D eigenvalue weighted by Gasteiger charge is -2.17. The third kappa shape index (κ3) is 6.45. The largest absolute Gasteiger partial charge is 0.383 e. The lowest BCUT2D eigenvalue weighted by Crippen LogP contribution is -2.26. The van der Waals surface area contributed by atoms with Gasteiger partial charge in [0.05, 0.1) is 17.7 Å². The van der Waals surface area contributed by atoms with Crippen molar-refractivity contribution in [3.63, 3.8) is 0 Å². The Bertz CT molecular complexity index is 1290. The Labute approximate surface area is 207 Å². The molecule has 0 unspecified atom stereocenters. The number of nitrogens with one attached hydrogen (secondary N) is 1. The molecule has 0 saturated carbocycles. The third-order valence-electron chi connectivity index (χ3n) is 5.85. The molecule has 186 valence electrons. The fourth-order valence-corrected chi connectivity index (χ4v) is 4.86. The molecule has 0 aliphatic heterocycles. The van der Waals surface area contributed by atoms with Gasteiger partial charge in [-0.15, -0.1) is 0 Å². The van der Waals surface area contributed by atoms with Gasteiger partial charge in [0, 0.05) is 49.8 Å². The number of aryl methyl sites for hydroxylation is 2. The predicted molar refractivity (Wildman–Crippen MR) is 137 cm³/mol. The third-order valence-corrected chi connectivity index (χ3v) is 7.67. The van der Waals surface area contributed by atoms with Crippen molar-refractivity contribution in [3.8, 4) is 0 Å². The van der Waals surface area contributed by atoms with E-state index < -0.39 is 10.0 Å². The summed E-state index contributed by atoms with van der Waals surface area (Å²) in [6, 6.07) is 15.6. The van der Waals surface area contributed by atoms with Gasteiger partial charge in [-0.3, -0.25) is 4.79 Å². The van der Waals surface area contributed by atoms with Crippen molar-refractivity contribution in [2.24, 2.45) is 5.10 Å². The monoisotopic (exact) mass is 496 g/mol. The molecule has 0 spiro atoms. The number of sulfonamides is 1. The van der Waals surface area contributed by atoms with E-state index in [-0.39, 0.29) is 17.3 Å². The number of ether oxygens (including phenoxy) is 1. The number of amides is 1. The molecule has 0 radical (unpaired) electrons. The zero-order chi connectivity index (χ0) is 25.6. The first-order chi connectivity index (χ1) is 16.6. The number of nitrogens with zero attached hydrogens (tertiary/aromatic N) is 3. The summed E-state index contributed by atoms with van der Waals surface area (Å²) in [6.45, 7) is 7.49. The Morgan fingerprint density at radius 3 is 2.37 bits per heavy atom. The number of carbonyl (C=O) groups excluding carboxylic acids is 1. The Morgan fingerprint density at radius 1 is 1.09 bits per heavy atom. The quantitative estimate of drug-likeness (QED) is 0.343. The van der Waals surface area contributed by atoms with Gasteiger partial charge in [-0.1, -0.05) is 29.8 Å². The van der Waals surface area contributed by atoms with Gasteiger partial charge in [-0.25, -0.2) is 13.8 Å². The Morgan fingerprint density at radius 2 is 1.74 bits per heavy atom. The van der Waals surface area contributed by atoms with Crippen LogP contribution in [0.1, 0.15) is 38.4 Å². The number of hydrazone groups is 1. The molecular weight excluding hydrogens is 464 g/mol. The minimum absolute atomic E-state index is 0.189. The second kappa shape index (κ2) is 11.4. The topological polar surface area (TPSA) is 93.0 Å². The average molecular weight is 497 g/mol. The number of hydrogen-bond donors (Lipinski definition) is 1. The van der Waals surface area contributed by atoms with Crippen LogP contribution in [0.15, 0.2) is 64.6 Å². The lowest BCUT2D eigenvalue weighted by atomic mass is 10.1. The summed E-state index contributed by atoms with van der Waals surface area (Å²) < 4.78 is 34.2. The SMILES string of the molecule is COCCn1c(C)cc(/C=N/NC(=O)c2ccc(CN(C)S(=O)(=O)c3ccc(C)cc3)cc2)c1C. The Hall–Kier alpha value is -3.27. The maximum Gasteiger partial charge on any atom is 0.271 e. The zero-order valence-corrected chi connectivity index (χ0v) is 21.6. The molecule has 3 aromatic rings. The molecule has 35 heavy (non-hydrogen) atoms. The van der Waals surface area contributed by atoms with E-state index in [1.54, 1.807) is 61.9 Å². The number of aromatic nitrogens is 1. The van der Waals surface area contributed by atoms with E-state index in [2.05, 4.69) is 15.1 Å². The zero-order valence-electron chi connectivity index (χ0n) is 20.8. The highest BCUT2D eigenvalue weighted by Gasteiger charge is 2.20. The minimum Gasteiger partial charge on any atom is -0.383 e. The molecule has 0 saturated heterocycles. The van der Waals surface area contributed by atoms with Crippen molar-refractivity contribution in [2.75, 3.05) is 20.8 Å². The highest BCUT2D eigenvalue weighted by molar-refractivity contribution is 7.89. The molecule has 0 aliphatic carbocycles. The first kappa shape index (κ1) is 26.3. The maximum absolute atomic E-state index is 12.8. The molecule has 1 amide bonds. The van der Waals surface area contributed by atoms with Crippen molar-refractivity contribution in [1.82, 2.24) is 14.3 Å². The van der Waals surface area contributed by atoms with E-state index in [0.717, 1.165) is 34.6 Å². The van der Waals surface area contributed by atoms with E-state index in [1.165, 1.54) is 11.4 Å². The smallest absolute Gasteiger partial charge is 0.271 e. The molecule has 0 fully saturated rings. The normalized spacial score (nSPS) is 11.9. The van der Waals surface area contributed by atoms with Crippen molar-refractivity contribution in [2.45, 2.75) is 38.8 Å². The first-order valence-electron chi connectivity index (χ1n) is 11.2. The van der Waals surface area contributed by atoms with Gasteiger partial charge < -0.3 is 9.30 Å². The fraction of sp³-hybridized carbons (Fsp3) is 0.308. The van der Waals surface area contributed by atoms with E-state index in [1.807, 2.05) is 26.8 Å². The number of rotatable bonds is 10. The molecule has 8 nitrogen and oxygen atoms in total. The second-order valence-electron chi connectivity index (χ2n) is 8.44. The van der Waals surface area contributed by atoms with Crippen LogP contribution in [-0.4, -0.2) is 50.2 Å². The van der Waals surface area contributed by atoms with Crippen LogP contribution in [0.3, 0.4) is 0 Å². The molecule has 1 aromatic heterocycles. The van der Waals surface area contributed by atoms with E-state index in [4.69, 9.17) is 4.74 Å². The molecule has 0 aliphatic rings. The van der Waals surface area contributed by atoms with Crippen LogP contribution in [0.25, 0.3) is 0 Å². The van der Waals surface area contributed by atoms with E-state index >= 15 is 0 Å². The van der Waals surface area contributed by atoms with E-state index in [9.17, 15) is 13.2 Å². The standard InChI is InChI=1S/C26H32N4O4S/c1-19-6-12-25(13-7-19)35(32,33)29(4)18-22-8-10-23(11-9-22)26(31)28-27-17-24-16-20(2)30(21(24)3)14-15-34-5/h6-13,16-17H,14-15,18H2,1-5H3,(H,28,31)/b27-17+. The summed E-state index contributed by atoms with van der Waals surface area (Å²) in [4.78, 5) is 12.7. The summed E-state index contributed by atoms with van der Waals surface area (Å²) in [7, 11) is -0.394. The van der Waals surface area contributed by atoms with Gasteiger partial charge in [-0.2, -0.15) is 9.41 Å². The fourth-order valence-electron chi connectivity index (χ4n) is 3.70. The molecular formula is C26H32N4O4S. The van der Waals surface area contributed by atoms with Gasteiger partial charge >= 0.3 is 0 Å². The number of benzene rings is 2. The molecule has 1 heterocycles. The summed E-state index contributed by atoms with van der Waals surface area (Å²) in [5.41, 5.74) is 7.81. The molecule has 0 bridgehead atoms. The van der Waals surface area contributed by atoms with Crippen LogP contribution in [0.5, 0.6) is 0 Å². The van der Waals surface area contributed by atoms with Crippen LogP contribution in [-0.2, 0) is 27.8 Å². The van der Waals surface area contributed by atoms with Gasteiger partial charge in [0.2, 0.25) is 10.0 Å². The van der Waals surface area contributed by atoms with E-state index in [0.29, 0.717) is 12.2 Å². The Kier molecular flexibility index (Phi) is 8.61. The summed E-state index contributed by atoms with van der Waals surface area (Å²) in [5, 5.41) is 4.10. The number of methoxy groups -OCH3 is 1. The van der Waals surface area contributed by atoms with Crippen LogP contribution in [0.2, 0.25) is 0 Å². The average Bonchev–Trinajstić information content (AvgIpc) is 3.10. The van der Waals surface area contributed by atoms with Crippen molar-refractivity contribution in [3.05, 3.63) is 88.2 Å². The number of hydrogen-bond acceptors (Lipinski definition) is 5. The van der Waals surface area contributed by atoms with Crippen LogP contribution >= 0.6 is 0 Å². The Balaban J connectivity index is 1.60. The van der Waals surface area contributed by atoms with Gasteiger partial charge in [0.1, 0.15) is 0 Å². The first-order valence-corrected chi connectivity index (χ1v) is 12.7. The maximum atomic E-state index is 12.8. The van der Waals surface area contributed by atoms with Gasteiger partial charge in [0.25, 0.3) is 5.91 Å². The molecule has 9 heteroatoms. The van der Waals surface area contributed by atoms with Crippen LogP contribution in [0, 0.1) is 20.8 Å². The predicted octanol–water partition coefficient (Wildman–Crippen LogP) is 3.64. The highest BCUT2D eigenvalue weighted by Crippen LogP contribution is 2.18. The lowest BCUT2D eigenvalue weighted by molar-refractivity contribution is 0.0955. The highest BCUT2D eigenvalue weighted by atomic mass is 32.2. The molecule has 1 N–H and O–H groups in total. The van der Waals surface area contributed by atoms with Gasteiger partial charge in [-0.05, 0) is 56.7 Å². The van der Waals surface area contributed by atoms with Crippen LogP contribution in [0.4, 0.5) is 0 Å². The second-order valence-corrected chi connectivity index (χ2v) is 10.5. The van der Waals surface area contributed by atoms with Crippen LogP contribution < -0.4 is 5.43 Å². The van der Waals surface area contributed by atoms with Gasteiger partial charge in [0.15, 0.2) is 0 Å². The number of carbonyl (C=O) groups is 1. The molecule has 2 aromatic carbocycles. The van der Waals surface area contributed by atoms with Crippen molar-refractivity contribution < 1.29 is 17.9 Å². The molecule has 0 atom stereocenters. The molecule has 3 rings (SSSR count). The van der Waals surface area contributed by atoms with Crippen molar-refractivity contribution >= 4 is 22.1 Å². The summed E-state index contributed by atoms with van der Waals surface area (Å²) in [5.74, 6) is -0.346. The summed E-state index contributed by atoms with van der Waals surface area (Å²) >= 11 is 0. The van der Waals surface area contributed by atoms with Crippen molar-refractivity contribution in [1.29, 1.82) is 0 Å². The minimum atomic E-state index is -3.60.